The van der Waals surface area contributed by atoms with E-state index in [1.807, 2.05) is 24.3 Å². The first-order valence-corrected chi connectivity index (χ1v) is 10.8. The molecule has 9 heteroatoms. The highest BCUT2D eigenvalue weighted by atomic mass is 32.2. The van der Waals surface area contributed by atoms with Crippen LogP contribution in [0.1, 0.15) is 38.0 Å². The summed E-state index contributed by atoms with van der Waals surface area (Å²) in [6, 6.07) is 10.9. The second kappa shape index (κ2) is 9.27. The molecule has 0 saturated heterocycles. The number of thioether (sulfide) groups is 1. The fourth-order valence-electron chi connectivity index (χ4n) is 3.32. The number of benzene rings is 1. The van der Waals surface area contributed by atoms with E-state index in [0.29, 0.717) is 33.6 Å². The molecular weight excluding hydrogens is 430 g/mol. The van der Waals surface area contributed by atoms with Gasteiger partial charge in [0.2, 0.25) is 0 Å². The van der Waals surface area contributed by atoms with Crippen LogP contribution in [0.3, 0.4) is 0 Å². The van der Waals surface area contributed by atoms with Crippen molar-refractivity contribution >= 4 is 34.6 Å². The monoisotopic (exact) mass is 451 g/mol. The number of nitrogens with zero attached hydrogens (tertiary/aromatic N) is 3. The molecule has 0 N–H and O–H groups in total. The Labute approximate surface area is 188 Å². The summed E-state index contributed by atoms with van der Waals surface area (Å²) in [6.07, 6.45) is 3.35. The molecule has 8 nitrogen and oxygen atoms in total. The summed E-state index contributed by atoms with van der Waals surface area (Å²) in [5, 5.41) is 1.49. The van der Waals surface area contributed by atoms with Crippen LogP contribution in [-0.4, -0.2) is 40.9 Å². The van der Waals surface area contributed by atoms with Crippen LogP contribution in [0.25, 0.3) is 11.0 Å². The van der Waals surface area contributed by atoms with Crippen molar-refractivity contribution in [2.24, 2.45) is 0 Å². The van der Waals surface area contributed by atoms with Crippen LogP contribution in [0.5, 0.6) is 0 Å². The summed E-state index contributed by atoms with van der Waals surface area (Å²) >= 11 is 1.43. The Bertz CT molecular complexity index is 1270. The molecule has 164 valence electrons. The van der Waals surface area contributed by atoms with Gasteiger partial charge in [-0.15, -0.1) is 0 Å². The molecule has 0 spiro atoms. The lowest BCUT2D eigenvalue weighted by Gasteiger charge is -2.15. The summed E-state index contributed by atoms with van der Waals surface area (Å²) in [6.45, 7) is 1.85. The van der Waals surface area contributed by atoms with Crippen molar-refractivity contribution < 1.29 is 23.2 Å². The fraction of sp³-hybridized carbons (Fsp3) is 0.217. The third kappa shape index (κ3) is 4.38. The maximum absolute atomic E-state index is 13.3. The van der Waals surface area contributed by atoms with E-state index in [0.717, 1.165) is 10.9 Å². The Kier molecular flexibility index (Phi) is 6.27. The van der Waals surface area contributed by atoms with Crippen LogP contribution in [-0.2, 0) is 17.0 Å². The number of furan rings is 2. The molecule has 0 fully saturated rings. The van der Waals surface area contributed by atoms with Gasteiger partial charge in [-0.2, -0.15) is 0 Å². The number of hydrogen-bond donors (Lipinski definition) is 0. The van der Waals surface area contributed by atoms with E-state index in [1.165, 1.54) is 23.8 Å². The molecule has 0 atom stereocenters. The number of hydrogen-bond acceptors (Lipinski definition) is 8. The molecule has 3 heterocycles. The van der Waals surface area contributed by atoms with Crippen LogP contribution in [0.4, 0.5) is 0 Å². The van der Waals surface area contributed by atoms with Crippen LogP contribution < -0.4 is 0 Å². The first kappa shape index (κ1) is 21.6. The Balaban J connectivity index is 1.59. The van der Waals surface area contributed by atoms with E-state index in [9.17, 15) is 9.59 Å². The highest BCUT2D eigenvalue weighted by Gasteiger charge is 2.25. The smallest absolute Gasteiger partial charge is 0.341 e. The second-order valence-electron chi connectivity index (χ2n) is 7.06. The molecule has 0 aliphatic carbocycles. The second-order valence-corrected chi connectivity index (χ2v) is 8.00. The Hall–Kier alpha value is -3.59. The minimum Gasteiger partial charge on any atom is -0.465 e. The highest BCUT2D eigenvalue weighted by Crippen LogP contribution is 2.32. The predicted molar refractivity (Wildman–Crippen MR) is 118 cm³/mol. The average Bonchev–Trinajstić information content (AvgIpc) is 3.37. The number of ether oxygens (including phenoxy) is 1. The minimum absolute atomic E-state index is 0.169. The lowest BCUT2D eigenvalue weighted by molar-refractivity contribution is 0.0598. The molecule has 1 aromatic carbocycles. The highest BCUT2D eigenvalue weighted by molar-refractivity contribution is 7.98. The van der Waals surface area contributed by atoms with E-state index in [1.54, 1.807) is 38.5 Å². The molecule has 0 radical (unpaired) electrons. The van der Waals surface area contributed by atoms with Gasteiger partial charge in [0.1, 0.15) is 22.7 Å². The number of aromatic nitrogens is 2. The zero-order valence-corrected chi connectivity index (χ0v) is 18.6. The number of esters is 1. The number of para-hydroxylation sites is 1. The molecule has 0 saturated carbocycles. The zero-order valence-electron chi connectivity index (χ0n) is 17.8. The summed E-state index contributed by atoms with van der Waals surface area (Å²) in [5.74, 6) is 0.876. The topological polar surface area (TPSA) is 98.7 Å². The number of amides is 1. The zero-order chi connectivity index (χ0) is 22.7. The summed E-state index contributed by atoms with van der Waals surface area (Å²) in [7, 11) is 2.97. The maximum Gasteiger partial charge on any atom is 0.341 e. The van der Waals surface area contributed by atoms with E-state index < -0.39 is 5.97 Å². The van der Waals surface area contributed by atoms with Gasteiger partial charge in [0.15, 0.2) is 10.9 Å². The fourth-order valence-corrected chi connectivity index (χ4v) is 4.16. The van der Waals surface area contributed by atoms with Crippen molar-refractivity contribution in [2.75, 3.05) is 14.2 Å². The van der Waals surface area contributed by atoms with Crippen molar-refractivity contribution in [3.8, 4) is 0 Å². The standard InChI is InChI=1S/C23H21N3O5S/c1-14-17(22(28)29-3)11-15(30-14)12-26(2)21(27)20-18(13-32-23-24-9-6-10-25-23)16-7-4-5-8-19(16)31-20/h4-11H,12-13H2,1-3H3. The molecule has 0 bridgehead atoms. The van der Waals surface area contributed by atoms with Crippen molar-refractivity contribution in [3.05, 3.63) is 77.2 Å². The van der Waals surface area contributed by atoms with Gasteiger partial charge in [-0.3, -0.25) is 4.79 Å². The number of carbonyl (C=O) groups excluding carboxylic acids is 2. The Morgan fingerprint density at radius 1 is 1.12 bits per heavy atom. The van der Waals surface area contributed by atoms with Crippen LogP contribution in [0.2, 0.25) is 0 Å². The van der Waals surface area contributed by atoms with E-state index in [4.69, 9.17) is 13.6 Å². The molecular formula is C23H21N3O5S. The molecule has 4 rings (SSSR count). The third-order valence-electron chi connectivity index (χ3n) is 4.89. The Morgan fingerprint density at radius 2 is 1.88 bits per heavy atom. The number of carbonyl (C=O) groups is 2. The summed E-state index contributed by atoms with van der Waals surface area (Å²) in [4.78, 5) is 35.1. The van der Waals surface area contributed by atoms with Gasteiger partial charge in [0.25, 0.3) is 5.91 Å². The van der Waals surface area contributed by atoms with Gasteiger partial charge in [0.05, 0.1) is 13.7 Å². The van der Waals surface area contributed by atoms with Crippen molar-refractivity contribution in [3.63, 3.8) is 0 Å². The van der Waals surface area contributed by atoms with Gasteiger partial charge in [-0.25, -0.2) is 14.8 Å². The quantitative estimate of drug-likeness (QED) is 0.230. The third-order valence-corrected chi connectivity index (χ3v) is 5.80. The number of aryl methyl sites for hydroxylation is 1. The largest absolute Gasteiger partial charge is 0.465 e. The molecule has 1 amide bonds. The van der Waals surface area contributed by atoms with E-state index >= 15 is 0 Å². The van der Waals surface area contributed by atoms with Gasteiger partial charge >= 0.3 is 5.97 Å². The molecule has 0 aliphatic heterocycles. The molecule has 32 heavy (non-hydrogen) atoms. The van der Waals surface area contributed by atoms with E-state index in [-0.39, 0.29) is 18.2 Å². The summed E-state index contributed by atoms with van der Waals surface area (Å²) in [5.41, 5.74) is 1.75. The van der Waals surface area contributed by atoms with Crippen molar-refractivity contribution in [1.82, 2.24) is 14.9 Å². The van der Waals surface area contributed by atoms with Crippen molar-refractivity contribution in [2.45, 2.75) is 24.4 Å². The minimum atomic E-state index is -0.480. The number of fused-ring (bicyclic) bond motifs is 1. The lowest BCUT2D eigenvalue weighted by atomic mass is 10.1. The van der Waals surface area contributed by atoms with Crippen LogP contribution >= 0.6 is 11.8 Å². The summed E-state index contributed by atoms with van der Waals surface area (Å²) < 4.78 is 16.3. The molecule has 3 aromatic heterocycles. The average molecular weight is 452 g/mol. The van der Waals surface area contributed by atoms with Gasteiger partial charge < -0.3 is 18.5 Å². The normalized spacial score (nSPS) is 11.0. The first-order valence-electron chi connectivity index (χ1n) is 9.81. The molecule has 0 aliphatic rings. The maximum atomic E-state index is 13.3. The molecule has 4 aromatic rings. The number of methoxy groups -OCH3 is 1. The lowest BCUT2D eigenvalue weighted by Crippen LogP contribution is -2.26. The van der Waals surface area contributed by atoms with Gasteiger partial charge in [0, 0.05) is 36.1 Å². The van der Waals surface area contributed by atoms with Gasteiger partial charge in [-0.05, 0) is 25.1 Å². The van der Waals surface area contributed by atoms with Gasteiger partial charge in [-0.1, -0.05) is 30.0 Å². The Morgan fingerprint density at radius 3 is 2.62 bits per heavy atom. The molecule has 0 unspecified atom stereocenters. The first-order chi connectivity index (χ1) is 15.5. The predicted octanol–water partition coefficient (Wildman–Crippen LogP) is 4.48. The van der Waals surface area contributed by atoms with Crippen molar-refractivity contribution in [1.29, 1.82) is 0 Å². The van der Waals surface area contributed by atoms with Crippen LogP contribution in [0.15, 0.2) is 62.8 Å². The van der Waals surface area contributed by atoms with E-state index in [2.05, 4.69) is 9.97 Å². The van der Waals surface area contributed by atoms with Crippen LogP contribution in [0, 0.1) is 6.92 Å². The SMILES string of the molecule is COC(=O)c1cc(CN(C)C(=O)c2oc3ccccc3c2CSc2ncccn2)oc1C. The number of rotatable bonds is 7.